The number of nitrogens with zero attached hydrogens (tertiary/aromatic N) is 2. The van der Waals surface area contributed by atoms with Gasteiger partial charge in [0.15, 0.2) is 5.16 Å². The highest BCUT2D eigenvalue weighted by molar-refractivity contribution is 7.99. The van der Waals surface area contributed by atoms with Crippen LogP contribution in [-0.4, -0.2) is 40.0 Å². The summed E-state index contributed by atoms with van der Waals surface area (Å²) in [5.41, 5.74) is 0.954. The highest BCUT2D eigenvalue weighted by Crippen LogP contribution is 2.13. The second-order valence-electron chi connectivity index (χ2n) is 4.50. The van der Waals surface area contributed by atoms with E-state index in [9.17, 15) is 5.11 Å². The number of nitrogens with one attached hydrogen (secondary N) is 1. The van der Waals surface area contributed by atoms with Crippen molar-refractivity contribution in [2.75, 3.05) is 18.8 Å². The standard InChI is InChI=1S/C12H21N3OS/c1-9(2)6-13-7-11(16)8-17-12-14-5-4-10(3)15-12/h4-5,9,11,13,16H,6-8H2,1-3H3. The van der Waals surface area contributed by atoms with Gasteiger partial charge in [0.25, 0.3) is 0 Å². The summed E-state index contributed by atoms with van der Waals surface area (Å²) >= 11 is 1.49. The molecule has 1 aromatic heterocycles. The Bertz CT molecular complexity index is 333. The van der Waals surface area contributed by atoms with E-state index in [1.807, 2.05) is 13.0 Å². The monoisotopic (exact) mass is 255 g/mol. The van der Waals surface area contributed by atoms with E-state index in [1.165, 1.54) is 11.8 Å². The van der Waals surface area contributed by atoms with Crippen molar-refractivity contribution in [3.63, 3.8) is 0 Å². The third-order valence-corrected chi connectivity index (χ3v) is 3.12. The van der Waals surface area contributed by atoms with Crippen molar-refractivity contribution >= 4 is 11.8 Å². The van der Waals surface area contributed by atoms with Crippen molar-refractivity contribution in [1.29, 1.82) is 0 Å². The predicted octanol–water partition coefficient (Wildman–Crippen LogP) is 1.48. The van der Waals surface area contributed by atoms with E-state index in [0.717, 1.165) is 17.4 Å². The molecule has 0 saturated heterocycles. The molecule has 1 atom stereocenters. The van der Waals surface area contributed by atoms with Gasteiger partial charge in [-0.2, -0.15) is 0 Å². The van der Waals surface area contributed by atoms with E-state index in [0.29, 0.717) is 18.2 Å². The number of aromatic nitrogens is 2. The van der Waals surface area contributed by atoms with Gasteiger partial charge in [0.2, 0.25) is 0 Å². The molecule has 0 bridgehead atoms. The van der Waals surface area contributed by atoms with Gasteiger partial charge in [-0.3, -0.25) is 0 Å². The van der Waals surface area contributed by atoms with Crippen LogP contribution < -0.4 is 5.32 Å². The molecule has 0 saturated carbocycles. The number of hydrogen-bond donors (Lipinski definition) is 2. The molecular formula is C12H21N3OS. The normalized spacial score (nSPS) is 13.0. The van der Waals surface area contributed by atoms with E-state index in [1.54, 1.807) is 6.20 Å². The van der Waals surface area contributed by atoms with Crippen molar-refractivity contribution in [3.05, 3.63) is 18.0 Å². The Balaban J connectivity index is 2.21. The summed E-state index contributed by atoms with van der Waals surface area (Å²) in [7, 11) is 0. The summed E-state index contributed by atoms with van der Waals surface area (Å²) < 4.78 is 0. The third-order valence-electron chi connectivity index (χ3n) is 2.11. The number of rotatable bonds is 7. The zero-order chi connectivity index (χ0) is 12.7. The molecule has 0 aromatic carbocycles. The van der Waals surface area contributed by atoms with E-state index < -0.39 is 0 Å². The average molecular weight is 255 g/mol. The molecule has 2 N–H and O–H groups in total. The van der Waals surface area contributed by atoms with Gasteiger partial charge in [-0.05, 0) is 25.5 Å². The summed E-state index contributed by atoms with van der Waals surface area (Å²) in [6.07, 6.45) is 1.39. The van der Waals surface area contributed by atoms with Crippen molar-refractivity contribution < 1.29 is 5.11 Å². The lowest BCUT2D eigenvalue weighted by atomic mass is 10.2. The Morgan fingerprint density at radius 3 is 2.82 bits per heavy atom. The van der Waals surface area contributed by atoms with E-state index >= 15 is 0 Å². The number of aliphatic hydroxyl groups is 1. The molecule has 1 unspecified atom stereocenters. The molecule has 0 aliphatic rings. The molecule has 17 heavy (non-hydrogen) atoms. The van der Waals surface area contributed by atoms with Crippen LogP contribution in [0.2, 0.25) is 0 Å². The van der Waals surface area contributed by atoms with Crippen LogP contribution in [0, 0.1) is 12.8 Å². The van der Waals surface area contributed by atoms with Crippen molar-refractivity contribution in [2.24, 2.45) is 5.92 Å². The van der Waals surface area contributed by atoms with Gasteiger partial charge >= 0.3 is 0 Å². The first-order valence-electron chi connectivity index (χ1n) is 5.89. The fourth-order valence-corrected chi connectivity index (χ4v) is 2.07. The van der Waals surface area contributed by atoms with Gasteiger partial charge in [0.1, 0.15) is 0 Å². The fraction of sp³-hybridized carbons (Fsp3) is 0.667. The minimum Gasteiger partial charge on any atom is -0.391 e. The largest absolute Gasteiger partial charge is 0.391 e. The maximum atomic E-state index is 9.75. The quantitative estimate of drug-likeness (QED) is 0.571. The number of aryl methyl sites for hydroxylation is 1. The first-order chi connectivity index (χ1) is 8.08. The Morgan fingerprint density at radius 1 is 1.41 bits per heavy atom. The van der Waals surface area contributed by atoms with Crippen LogP contribution in [0.1, 0.15) is 19.5 Å². The summed E-state index contributed by atoms with van der Waals surface area (Å²) in [6.45, 7) is 7.79. The number of hydrogen-bond acceptors (Lipinski definition) is 5. The van der Waals surface area contributed by atoms with Crippen LogP contribution in [0.4, 0.5) is 0 Å². The fourth-order valence-electron chi connectivity index (χ4n) is 1.26. The number of aliphatic hydroxyl groups excluding tert-OH is 1. The maximum absolute atomic E-state index is 9.75. The lowest BCUT2D eigenvalue weighted by Crippen LogP contribution is -2.31. The molecule has 0 amide bonds. The van der Waals surface area contributed by atoms with E-state index in [2.05, 4.69) is 29.1 Å². The SMILES string of the molecule is Cc1ccnc(SCC(O)CNCC(C)C)n1. The van der Waals surface area contributed by atoms with Crippen molar-refractivity contribution in [3.8, 4) is 0 Å². The first-order valence-corrected chi connectivity index (χ1v) is 6.87. The van der Waals surface area contributed by atoms with Crippen LogP contribution in [0.25, 0.3) is 0 Å². The summed E-state index contributed by atoms with van der Waals surface area (Å²) in [5.74, 6) is 1.23. The summed E-state index contributed by atoms with van der Waals surface area (Å²) in [5, 5.41) is 13.7. The second-order valence-corrected chi connectivity index (χ2v) is 5.48. The van der Waals surface area contributed by atoms with Crippen molar-refractivity contribution in [2.45, 2.75) is 32.0 Å². The molecule has 96 valence electrons. The zero-order valence-electron chi connectivity index (χ0n) is 10.7. The smallest absolute Gasteiger partial charge is 0.187 e. The Hall–Kier alpha value is -0.650. The molecule has 0 fully saturated rings. The van der Waals surface area contributed by atoms with Gasteiger partial charge < -0.3 is 10.4 Å². The minimum atomic E-state index is -0.358. The molecule has 5 heteroatoms. The maximum Gasteiger partial charge on any atom is 0.187 e. The summed E-state index contributed by atoms with van der Waals surface area (Å²) in [6, 6.07) is 1.87. The Morgan fingerprint density at radius 2 is 2.18 bits per heavy atom. The second kappa shape index (κ2) is 7.63. The highest BCUT2D eigenvalue weighted by Gasteiger charge is 2.06. The molecule has 0 aliphatic carbocycles. The lowest BCUT2D eigenvalue weighted by molar-refractivity contribution is 0.194. The van der Waals surface area contributed by atoms with Gasteiger partial charge in [-0.1, -0.05) is 25.6 Å². The van der Waals surface area contributed by atoms with Crippen LogP contribution in [0.15, 0.2) is 17.4 Å². The van der Waals surface area contributed by atoms with Gasteiger partial charge in [0, 0.05) is 24.2 Å². The molecule has 1 rings (SSSR count). The number of thioether (sulfide) groups is 1. The van der Waals surface area contributed by atoms with Crippen LogP contribution in [-0.2, 0) is 0 Å². The van der Waals surface area contributed by atoms with Crippen LogP contribution >= 0.6 is 11.8 Å². The topological polar surface area (TPSA) is 58.0 Å². The van der Waals surface area contributed by atoms with E-state index in [4.69, 9.17) is 0 Å². The molecule has 1 aromatic rings. The molecule has 0 radical (unpaired) electrons. The Labute approximate surface area is 107 Å². The van der Waals surface area contributed by atoms with Gasteiger partial charge in [-0.15, -0.1) is 0 Å². The van der Waals surface area contributed by atoms with Gasteiger partial charge in [0.05, 0.1) is 6.10 Å². The van der Waals surface area contributed by atoms with Crippen LogP contribution in [0.3, 0.4) is 0 Å². The lowest BCUT2D eigenvalue weighted by Gasteiger charge is -2.12. The molecule has 0 spiro atoms. The Kier molecular flexibility index (Phi) is 6.47. The molecule has 4 nitrogen and oxygen atoms in total. The average Bonchev–Trinajstić information content (AvgIpc) is 2.26. The minimum absolute atomic E-state index is 0.358. The van der Waals surface area contributed by atoms with Crippen molar-refractivity contribution in [1.82, 2.24) is 15.3 Å². The summed E-state index contributed by atoms with van der Waals surface area (Å²) in [4.78, 5) is 8.41. The highest BCUT2D eigenvalue weighted by atomic mass is 32.2. The molecule has 0 aliphatic heterocycles. The molecule has 1 heterocycles. The first kappa shape index (κ1) is 14.4. The zero-order valence-corrected chi connectivity index (χ0v) is 11.5. The third kappa shape index (κ3) is 6.61. The van der Waals surface area contributed by atoms with E-state index in [-0.39, 0.29) is 6.10 Å². The van der Waals surface area contributed by atoms with Gasteiger partial charge in [-0.25, -0.2) is 9.97 Å². The molecular weight excluding hydrogens is 234 g/mol. The van der Waals surface area contributed by atoms with Crippen LogP contribution in [0.5, 0.6) is 0 Å². The predicted molar refractivity (Wildman–Crippen MR) is 71.2 cm³/mol.